The number of nitrogens with zero attached hydrogens (tertiary/aromatic N) is 2. The van der Waals surface area contributed by atoms with E-state index >= 15 is 0 Å². The van der Waals surface area contributed by atoms with Crippen molar-refractivity contribution in [1.29, 1.82) is 0 Å². The summed E-state index contributed by atoms with van der Waals surface area (Å²) < 4.78 is 12.9. The molecule has 5 aromatic carbocycles. The second-order valence-corrected chi connectivity index (χ2v) is 12.6. The molecule has 0 spiro atoms. The summed E-state index contributed by atoms with van der Waals surface area (Å²) in [6.45, 7) is 8.68. The number of pyridine rings is 2. The van der Waals surface area contributed by atoms with Crippen molar-refractivity contribution >= 4 is 23.1 Å². The van der Waals surface area contributed by atoms with Gasteiger partial charge in [0, 0.05) is 49.6 Å². The number of benzene rings is 5. The Morgan fingerprint density at radius 2 is 1.30 bits per heavy atom. The van der Waals surface area contributed by atoms with E-state index in [1.807, 2.05) is 79.0 Å². The number of para-hydroxylation sites is 2. The van der Waals surface area contributed by atoms with Crippen molar-refractivity contribution in [2.75, 3.05) is 0 Å². The quantitative estimate of drug-likeness (QED) is 0.132. The number of aryl methyl sites for hydroxylation is 4. The summed E-state index contributed by atoms with van der Waals surface area (Å²) in [6.07, 6.45) is 3.78. The normalized spacial score (nSPS) is 11.7. The van der Waals surface area contributed by atoms with Crippen molar-refractivity contribution in [1.82, 2.24) is 9.97 Å². The summed E-state index contributed by atoms with van der Waals surface area (Å²) in [7, 11) is 0. The van der Waals surface area contributed by atoms with Crippen molar-refractivity contribution < 1.29 is 29.6 Å². The zero-order chi connectivity index (χ0) is 33.5. The fourth-order valence-electron chi connectivity index (χ4n) is 7.15. The van der Waals surface area contributed by atoms with Gasteiger partial charge >= 0.3 is 0 Å². The fourth-order valence-corrected chi connectivity index (χ4v) is 7.15. The smallest absolute Gasteiger partial charge is 0.239 e. The molecule has 4 heterocycles. The molecule has 0 saturated carbocycles. The van der Waals surface area contributed by atoms with E-state index in [-0.39, 0.29) is 26.8 Å². The van der Waals surface area contributed by atoms with Gasteiger partial charge in [-0.25, -0.2) is 0 Å². The molecular weight excluding hydrogens is 792 g/mol. The molecular formula is C44H33BIrN2O2-2. The van der Waals surface area contributed by atoms with Crippen LogP contribution < -0.4 is 25.9 Å². The van der Waals surface area contributed by atoms with Gasteiger partial charge in [0.05, 0.1) is 0 Å². The number of rotatable bonds is 3. The molecule has 0 amide bonds. The first-order valence-corrected chi connectivity index (χ1v) is 16.5. The van der Waals surface area contributed by atoms with E-state index in [0.717, 1.165) is 67.5 Å². The third-order valence-electron chi connectivity index (χ3n) is 9.23. The maximum atomic E-state index is 6.58. The molecule has 2 aliphatic rings. The average molecular weight is 825 g/mol. The molecule has 50 heavy (non-hydrogen) atoms. The van der Waals surface area contributed by atoms with Crippen LogP contribution in [0.2, 0.25) is 0 Å². The van der Waals surface area contributed by atoms with Gasteiger partial charge < -0.3 is 19.4 Å². The van der Waals surface area contributed by atoms with Crippen molar-refractivity contribution in [2.24, 2.45) is 0 Å². The van der Waals surface area contributed by atoms with Crippen molar-refractivity contribution in [3.05, 3.63) is 162 Å². The first-order valence-electron chi connectivity index (χ1n) is 16.5. The summed E-state index contributed by atoms with van der Waals surface area (Å²) >= 11 is 0. The molecule has 245 valence electrons. The number of ether oxygens (including phenoxy) is 2. The first-order chi connectivity index (χ1) is 24.0. The van der Waals surface area contributed by atoms with Crippen LogP contribution in [0, 0.1) is 39.8 Å². The van der Waals surface area contributed by atoms with Crippen molar-refractivity contribution in [3.8, 4) is 56.6 Å². The number of hydrogen-bond donors (Lipinski definition) is 0. The predicted molar refractivity (Wildman–Crippen MR) is 199 cm³/mol. The number of hydrogen-bond acceptors (Lipinski definition) is 4. The van der Waals surface area contributed by atoms with Gasteiger partial charge in [0.2, 0.25) is 6.71 Å². The van der Waals surface area contributed by atoms with Crippen molar-refractivity contribution in [2.45, 2.75) is 27.7 Å². The third kappa shape index (κ3) is 6.06. The zero-order valence-corrected chi connectivity index (χ0v) is 30.6. The average Bonchev–Trinajstić information content (AvgIpc) is 3.13. The molecule has 4 nitrogen and oxygen atoms in total. The van der Waals surface area contributed by atoms with Crippen LogP contribution >= 0.6 is 0 Å². The van der Waals surface area contributed by atoms with Crippen LogP contribution in [0.25, 0.3) is 33.6 Å². The van der Waals surface area contributed by atoms with Gasteiger partial charge in [-0.2, -0.15) is 0 Å². The molecule has 0 N–H and O–H groups in total. The van der Waals surface area contributed by atoms with Gasteiger partial charge in [-0.15, -0.1) is 48.0 Å². The van der Waals surface area contributed by atoms with Gasteiger partial charge in [0.15, 0.2) is 0 Å². The molecule has 1 radical (unpaired) electrons. The Morgan fingerprint density at radius 1 is 0.620 bits per heavy atom. The minimum absolute atomic E-state index is 0. The van der Waals surface area contributed by atoms with E-state index in [9.17, 15) is 0 Å². The van der Waals surface area contributed by atoms with Gasteiger partial charge in [-0.1, -0.05) is 83.3 Å². The Balaban J connectivity index is 0.000000255. The molecule has 0 aliphatic carbocycles. The minimum atomic E-state index is 0. The Kier molecular flexibility index (Phi) is 9.24. The summed E-state index contributed by atoms with van der Waals surface area (Å²) in [4.78, 5) is 9.16. The topological polar surface area (TPSA) is 44.2 Å². The zero-order valence-electron chi connectivity index (χ0n) is 28.2. The van der Waals surface area contributed by atoms with E-state index in [1.165, 1.54) is 27.8 Å². The molecule has 2 aromatic heterocycles. The maximum absolute atomic E-state index is 6.58. The molecule has 9 rings (SSSR count). The monoisotopic (exact) mass is 825 g/mol. The standard InChI is InChI=1S/C33H25BNO2.C11H8N.Ir/c1-19-15-21(3)31(22(4)16-19)24-18-35-27(17-20(24)2)23-13-14-30-32-33(23)37-29-12-8-6-10-26(29)34(32)25-9-5-7-11-28(25)36-30;1-2-6-10(7-3-1)11-8-4-5-9-12-11;/h5-12,14-18H,1-4H3;1-6,8-9H;/q2*-1;. The molecule has 0 saturated heterocycles. The molecule has 2 aliphatic heterocycles. The summed E-state index contributed by atoms with van der Waals surface area (Å²) in [5, 5.41) is 0. The Bertz CT molecular complexity index is 2270. The van der Waals surface area contributed by atoms with Crippen LogP contribution in [0.4, 0.5) is 0 Å². The number of aromatic nitrogens is 2. The summed E-state index contributed by atoms with van der Waals surface area (Å²) in [5.41, 5.74) is 14.5. The van der Waals surface area contributed by atoms with Crippen LogP contribution in [0.1, 0.15) is 22.3 Å². The maximum Gasteiger partial charge on any atom is 0.239 e. The van der Waals surface area contributed by atoms with E-state index < -0.39 is 0 Å². The molecule has 6 heteroatoms. The van der Waals surface area contributed by atoms with E-state index in [0.29, 0.717) is 0 Å². The van der Waals surface area contributed by atoms with E-state index in [1.54, 1.807) is 6.20 Å². The van der Waals surface area contributed by atoms with E-state index in [4.69, 9.17) is 14.5 Å². The Hall–Kier alpha value is -5.29. The Morgan fingerprint density at radius 3 is 1.96 bits per heavy atom. The molecule has 0 bridgehead atoms. The Labute approximate surface area is 307 Å². The van der Waals surface area contributed by atoms with Crippen LogP contribution in [0.5, 0.6) is 23.0 Å². The molecule has 7 aromatic rings. The van der Waals surface area contributed by atoms with Crippen LogP contribution in [-0.2, 0) is 20.1 Å². The number of fused-ring (bicyclic) bond motifs is 4. The third-order valence-corrected chi connectivity index (χ3v) is 9.23. The van der Waals surface area contributed by atoms with Gasteiger partial charge in [0.25, 0.3) is 0 Å². The molecule has 0 fully saturated rings. The predicted octanol–water partition coefficient (Wildman–Crippen LogP) is 8.72. The van der Waals surface area contributed by atoms with E-state index in [2.05, 4.69) is 87.3 Å². The van der Waals surface area contributed by atoms with Gasteiger partial charge in [0.1, 0.15) is 11.5 Å². The van der Waals surface area contributed by atoms with Crippen LogP contribution in [0.15, 0.2) is 128 Å². The SMILES string of the molecule is Cc1cc(C)c(-c2cnc(-c3[c-]cc4c5c3Oc3ccccc3B5c3ccccc3O4)cc2C)c(C)c1.[Ir].[c-]1ccccc1-c1ccccn1. The fraction of sp³-hybridized carbons (Fsp3) is 0.0909. The minimum Gasteiger partial charge on any atom is -0.503 e. The van der Waals surface area contributed by atoms with Crippen molar-refractivity contribution in [3.63, 3.8) is 0 Å². The molecule has 0 atom stereocenters. The van der Waals surface area contributed by atoms with Crippen LogP contribution in [-0.4, -0.2) is 16.7 Å². The summed E-state index contributed by atoms with van der Waals surface area (Å²) in [6, 6.07) is 45.4. The second kappa shape index (κ2) is 13.9. The van der Waals surface area contributed by atoms with Gasteiger partial charge in [-0.05, 0) is 90.5 Å². The summed E-state index contributed by atoms with van der Waals surface area (Å²) in [5.74, 6) is 3.31. The molecule has 0 unspecified atom stereocenters. The van der Waals surface area contributed by atoms with Gasteiger partial charge in [-0.3, -0.25) is 0 Å². The van der Waals surface area contributed by atoms with Crippen LogP contribution in [0.3, 0.4) is 0 Å². The largest absolute Gasteiger partial charge is 0.503 e. The second-order valence-electron chi connectivity index (χ2n) is 12.6. The first kappa shape index (κ1) is 33.2.